The molecule has 0 heterocycles. The van der Waals surface area contributed by atoms with Gasteiger partial charge in [-0.25, -0.2) is 4.39 Å². The highest BCUT2D eigenvalue weighted by atomic mass is 79.9. The van der Waals surface area contributed by atoms with E-state index in [0.29, 0.717) is 11.3 Å². The van der Waals surface area contributed by atoms with Gasteiger partial charge in [0.2, 0.25) is 5.91 Å². The van der Waals surface area contributed by atoms with E-state index in [4.69, 9.17) is 4.74 Å². The molecule has 0 radical (unpaired) electrons. The predicted octanol–water partition coefficient (Wildman–Crippen LogP) is 5.99. The van der Waals surface area contributed by atoms with Crippen LogP contribution in [0.25, 0.3) is 10.8 Å². The minimum absolute atomic E-state index is 0.0208. The summed E-state index contributed by atoms with van der Waals surface area (Å²) < 4.78 is 21.1. The summed E-state index contributed by atoms with van der Waals surface area (Å²) in [4.78, 5) is 27.8. The molecule has 1 N–H and O–H groups in total. The van der Waals surface area contributed by atoms with Gasteiger partial charge in [0.05, 0.1) is 4.47 Å². The Morgan fingerprint density at radius 1 is 1.06 bits per heavy atom. The molecule has 1 atom stereocenters. The zero-order chi connectivity index (χ0) is 24.8. The van der Waals surface area contributed by atoms with Crippen molar-refractivity contribution in [3.8, 4) is 5.75 Å². The van der Waals surface area contributed by atoms with Crippen molar-refractivity contribution in [3.05, 3.63) is 76.5 Å². The second-order valence-corrected chi connectivity index (χ2v) is 9.81. The molecule has 5 nitrogen and oxygen atoms in total. The molecule has 0 aliphatic heterocycles. The first kappa shape index (κ1) is 25.2. The first-order valence-corrected chi connectivity index (χ1v) is 12.9. The second kappa shape index (κ2) is 11.7. The van der Waals surface area contributed by atoms with Gasteiger partial charge in [-0.1, -0.05) is 67.8 Å². The van der Waals surface area contributed by atoms with E-state index in [0.717, 1.165) is 40.9 Å². The molecule has 35 heavy (non-hydrogen) atoms. The largest absolute Gasteiger partial charge is 0.483 e. The maximum Gasteiger partial charge on any atom is 0.261 e. The lowest BCUT2D eigenvalue weighted by atomic mass is 9.95. The van der Waals surface area contributed by atoms with Crippen LogP contribution in [-0.4, -0.2) is 35.4 Å². The number of ether oxygens (including phenoxy) is 1. The predicted molar refractivity (Wildman–Crippen MR) is 139 cm³/mol. The van der Waals surface area contributed by atoms with E-state index in [1.165, 1.54) is 17.4 Å². The average Bonchev–Trinajstić information content (AvgIpc) is 2.88. The molecular formula is C28H30BrFN2O3. The van der Waals surface area contributed by atoms with Crippen molar-refractivity contribution in [1.82, 2.24) is 10.2 Å². The third kappa shape index (κ3) is 6.20. The molecule has 1 aliphatic carbocycles. The minimum Gasteiger partial charge on any atom is -0.483 e. The lowest BCUT2D eigenvalue weighted by molar-refractivity contribution is -0.142. The van der Waals surface area contributed by atoms with Gasteiger partial charge in [0.15, 0.2) is 6.61 Å². The third-order valence-electron chi connectivity index (χ3n) is 6.60. The zero-order valence-electron chi connectivity index (χ0n) is 19.8. The van der Waals surface area contributed by atoms with Crippen molar-refractivity contribution >= 4 is 38.5 Å². The Hall–Kier alpha value is -2.93. The lowest BCUT2D eigenvalue weighted by Gasteiger charge is -2.31. The van der Waals surface area contributed by atoms with E-state index in [-0.39, 0.29) is 31.0 Å². The van der Waals surface area contributed by atoms with Crippen LogP contribution in [0, 0.1) is 5.82 Å². The quantitative estimate of drug-likeness (QED) is 0.382. The van der Waals surface area contributed by atoms with Crippen LogP contribution in [0.5, 0.6) is 5.75 Å². The summed E-state index contributed by atoms with van der Waals surface area (Å²) in [5.74, 6) is -0.501. The van der Waals surface area contributed by atoms with Crippen LogP contribution in [0.3, 0.4) is 0 Å². The standard InChI is InChI=1S/C28H30BrFN2O3/c1-19(28(34)31-22-11-3-2-4-12-22)32(17-21-10-6-8-14-24(21)30)26(33)18-35-25-16-15-20-9-5-7-13-23(20)27(25)29/h5-10,13-16,19,22H,2-4,11-12,17-18H2,1H3,(H,31,34). The molecule has 1 aliphatic rings. The van der Waals surface area contributed by atoms with E-state index in [2.05, 4.69) is 21.2 Å². The Morgan fingerprint density at radius 2 is 1.77 bits per heavy atom. The van der Waals surface area contributed by atoms with Crippen molar-refractivity contribution in [2.75, 3.05) is 6.61 Å². The number of carbonyl (C=O) groups excluding carboxylic acids is 2. The van der Waals surface area contributed by atoms with Gasteiger partial charge in [-0.15, -0.1) is 0 Å². The topological polar surface area (TPSA) is 58.6 Å². The molecule has 4 rings (SSSR count). The summed E-state index contributed by atoms with van der Waals surface area (Å²) in [6.45, 7) is 1.39. The molecule has 184 valence electrons. The minimum atomic E-state index is -0.771. The Bertz CT molecular complexity index is 1200. The van der Waals surface area contributed by atoms with E-state index in [9.17, 15) is 14.0 Å². The van der Waals surface area contributed by atoms with Gasteiger partial charge in [-0.05, 0) is 58.6 Å². The summed E-state index contributed by atoms with van der Waals surface area (Å²) in [6, 6.07) is 17.2. The van der Waals surface area contributed by atoms with E-state index < -0.39 is 11.9 Å². The number of amides is 2. The molecule has 0 saturated heterocycles. The molecule has 0 spiro atoms. The van der Waals surface area contributed by atoms with Crippen molar-refractivity contribution in [1.29, 1.82) is 0 Å². The van der Waals surface area contributed by atoms with E-state index in [1.807, 2.05) is 30.3 Å². The molecule has 7 heteroatoms. The first-order valence-electron chi connectivity index (χ1n) is 12.1. The van der Waals surface area contributed by atoms with Gasteiger partial charge in [0, 0.05) is 18.2 Å². The fourth-order valence-corrected chi connectivity index (χ4v) is 5.12. The van der Waals surface area contributed by atoms with Crippen LogP contribution in [-0.2, 0) is 16.1 Å². The number of nitrogens with one attached hydrogen (secondary N) is 1. The molecule has 0 aromatic heterocycles. The zero-order valence-corrected chi connectivity index (χ0v) is 21.4. The highest BCUT2D eigenvalue weighted by Gasteiger charge is 2.29. The molecule has 3 aromatic carbocycles. The van der Waals surface area contributed by atoms with Crippen LogP contribution in [0.2, 0.25) is 0 Å². The number of hydrogen-bond acceptors (Lipinski definition) is 3. The fourth-order valence-electron chi connectivity index (χ4n) is 4.51. The Balaban J connectivity index is 1.50. The van der Waals surface area contributed by atoms with Crippen molar-refractivity contribution in [2.45, 2.75) is 57.7 Å². The SMILES string of the molecule is CC(C(=O)NC1CCCCC1)N(Cc1ccccc1F)C(=O)COc1ccc2ccccc2c1Br. The maximum atomic E-state index is 14.4. The summed E-state index contributed by atoms with van der Waals surface area (Å²) in [7, 11) is 0. The maximum absolute atomic E-state index is 14.4. The number of carbonyl (C=O) groups is 2. The highest BCUT2D eigenvalue weighted by Crippen LogP contribution is 2.33. The number of nitrogens with zero attached hydrogens (tertiary/aromatic N) is 1. The third-order valence-corrected chi connectivity index (χ3v) is 7.41. The molecule has 3 aromatic rings. The molecule has 1 saturated carbocycles. The Kier molecular flexibility index (Phi) is 8.39. The summed E-state index contributed by atoms with van der Waals surface area (Å²) >= 11 is 3.58. The van der Waals surface area contributed by atoms with Crippen molar-refractivity contribution in [3.63, 3.8) is 0 Å². The number of rotatable bonds is 8. The average molecular weight is 541 g/mol. The lowest BCUT2D eigenvalue weighted by Crippen LogP contribution is -2.51. The van der Waals surface area contributed by atoms with Crippen LogP contribution in [0.15, 0.2) is 65.1 Å². The molecule has 2 amide bonds. The second-order valence-electron chi connectivity index (χ2n) is 9.02. The Morgan fingerprint density at radius 3 is 2.54 bits per heavy atom. The van der Waals surface area contributed by atoms with Gasteiger partial charge in [0.1, 0.15) is 17.6 Å². The molecule has 1 fully saturated rings. The monoisotopic (exact) mass is 540 g/mol. The van der Waals surface area contributed by atoms with Gasteiger partial charge in [-0.3, -0.25) is 9.59 Å². The smallest absolute Gasteiger partial charge is 0.261 e. The number of fused-ring (bicyclic) bond motifs is 1. The van der Waals surface area contributed by atoms with Crippen LogP contribution >= 0.6 is 15.9 Å². The Labute approximate surface area is 213 Å². The highest BCUT2D eigenvalue weighted by molar-refractivity contribution is 9.10. The molecular weight excluding hydrogens is 511 g/mol. The van der Waals surface area contributed by atoms with Gasteiger partial charge >= 0.3 is 0 Å². The molecule has 1 unspecified atom stereocenters. The first-order chi connectivity index (χ1) is 16.9. The fraction of sp³-hybridized carbons (Fsp3) is 0.357. The van der Waals surface area contributed by atoms with E-state index >= 15 is 0 Å². The van der Waals surface area contributed by atoms with Crippen LogP contribution < -0.4 is 10.1 Å². The van der Waals surface area contributed by atoms with Gasteiger partial charge in [-0.2, -0.15) is 0 Å². The summed E-state index contributed by atoms with van der Waals surface area (Å²) in [5, 5.41) is 5.10. The van der Waals surface area contributed by atoms with E-state index in [1.54, 1.807) is 31.2 Å². The normalized spacial score (nSPS) is 14.9. The number of hydrogen-bond donors (Lipinski definition) is 1. The molecule has 0 bridgehead atoms. The van der Waals surface area contributed by atoms with Crippen molar-refractivity contribution < 1.29 is 18.7 Å². The van der Waals surface area contributed by atoms with Gasteiger partial charge < -0.3 is 15.0 Å². The van der Waals surface area contributed by atoms with Crippen LogP contribution in [0.1, 0.15) is 44.6 Å². The number of benzene rings is 3. The summed E-state index contributed by atoms with van der Waals surface area (Å²) in [5.41, 5.74) is 0.352. The van der Waals surface area contributed by atoms with Crippen LogP contribution in [0.4, 0.5) is 4.39 Å². The number of halogens is 2. The van der Waals surface area contributed by atoms with Gasteiger partial charge in [0.25, 0.3) is 5.91 Å². The summed E-state index contributed by atoms with van der Waals surface area (Å²) in [6.07, 6.45) is 5.25. The van der Waals surface area contributed by atoms with Crippen molar-refractivity contribution in [2.24, 2.45) is 0 Å².